The van der Waals surface area contributed by atoms with Gasteiger partial charge >= 0.3 is 6.18 Å². The quantitative estimate of drug-likeness (QED) is 0.930. The molecule has 0 atom stereocenters. The van der Waals surface area contributed by atoms with Crippen molar-refractivity contribution >= 4 is 11.5 Å². The molecule has 0 saturated heterocycles. The SMILES string of the molecule is COc1ccc(Nc2ccc(C(F)(F)F)cn2)c(OC)c1. The van der Waals surface area contributed by atoms with Crippen molar-refractivity contribution in [2.45, 2.75) is 6.18 Å². The highest BCUT2D eigenvalue weighted by atomic mass is 19.4. The van der Waals surface area contributed by atoms with Crippen molar-refractivity contribution in [1.29, 1.82) is 0 Å². The minimum Gasteiger partial charge on any atom is -0.497 e. The van der Waals surface area contributed by atoms with Gasteiger partial charge in [-0.25, -0.2) is 4.98 Å². The van der Waals surface area contributed by atoms with Gasteiger partial charge in [0.2, 0.25) is 0 Å². The van der Waals surface area contributed by atoms with Crippen LogP contribution in [0, 0.1) is 0 Å². The molecule has 112 valence electrons. The fourth-order valence-corrected chi connectivity index (χ4v) is 1.68. The average molecular weight is 298 g/mol. The van der Waals surface area contributed by atoms with Gasteiger partial charge in [-0.3, -0.25) is 0 Å². The highest BCUT2D eigenvalue weighted by Gasteiger charge is 2.30. The first-order valence-electron chi connectivity index (χ1n) is 5.96. The number of benzene rings is 1. The van der Waals surface area contributed by atoms with Crippen LogP contribution in [0.15, 0.2) is 36.5 Å². The third-order valence-corrected chi connectivity index (χ3v) is 2.76. The number of pyridine rings is 1. The van der Waals surface area contributed by atoms with Crippen molar-refractivity contribution in [2.75, 3.05) is 19.5 Å². The summed E-state index contributed by atoms with van der Waals surface area (Å²) < 4.78 is 47.6. The van der Waals surface area contributed by atoms with Crippen LogP contribution in [0.2, 0.25) is 0 Å². The Labute approximate surface area is 119 Å². The molecule has 0 amide bonds. The fraction of sp³-hybridized carbons (Fsp3) is 0.214. The monoisotopic (exact) mass is 298 g/mol. The lowest BCUT2D eigenvalue weighted by Gasteiger charge is -2.12. The minimum absolute atomic E-state index is 0.284. The van der Waals surface area contributed by atoms with Crippen LogP contribution in [0.5, 0.6) is 11.5 Å². The van der Waals surface area contributed by atoms with Gasteiger partial charge in [0, 0.05) is 12.3 Å². The van der Waals surface area contributed by atoms with Crippen LogP contribution in [0.25, 0.3) is 0 Å². The first-order valence-corrected chi connectivity index (χ1v) is 5.96. The molecule has 0 spiro atoms. The van der Waals surface area contributed by atoms with Gasteiger partial charge in [0.05, 0.1) is 25.5 Å². The molecule has 1 N–H and O–H groups in total. The summed E-state index contributed by atoms with van der Waals surface area (Å²) in [5.41, 5.74) is -0.222. The molecule has 0 fully saturated rings. The summed E-state index contributed by atoms with van der Waals surface area (Å²) in [6.45, 7) is 0. The van der Waals surface area contributed by atoms with Crippen LogP contribution in [0.4, 0.5) is 24.7 Å². The van der Waals surface area contributed by atoms with Crippen molar-refractivity contribution in [3.63, 3.8) is 0 Å². The number of alkyl halides is 3. The van der Waals surface area contributed by atoms with E-state index in [4.69, 9.17) is 9.47 Å². The van der Waals surface area contributed by atoms with Crippen molar-refractivity contribution in [3.05, 3.63) is 42.1 Å². The molecule has 7 heteroatoms. The van der Waals surface area contributed by atoms with Gasteiger partial charge in [0.25, 0.3) is 0 Å². The van der Waals surface area contributed by atoms with Crippen LogP contribution in [0.1, 0.15) is 5.56 Å². The molecule has 0 aliphatic carbocycles. The Morgan fingerprint density at radius 3 is 2.33 bits per heavy atom. The molecular weight excluding hydrogens is 285 g/mol. The van der Waals surface area contributed by atoms with Crippen LogP contribution in [-0.2, 0) is 6.18 Å². The Kier molecular flexibility index (Phi) is 4.21. The maximum Gasteiger partial charge on any atom is 0.417 e. The number of hydrogen-bond acceptors (Lipinski definition) is 4. The smallest absolute Gasteiger partial charge is 0.417 e. The fourth-order valence-electron chi connectivity index (χ4n) is 1.68. The molecule has 2 rings (SSSR count). The van der Waals surface area contributed by atoms with E-state index in [1.807, 2.05) is 0 Å². The average Bonchev–Trinajstić information content (AvgIpc) is 2.47. The topological polar surface area (TPSA) is 43.4 Å². The van der Waals surface area contributed by atoms with Crippen molar-refractivity contribution in [1.82, 2.24) is 4.98 Å². The van der Waals surface area contributed by atoms with Gasteiger partial charge in [0.15, 0.2) is 0 Å². The number of aromatic nitrogens is 1. The van der Waals surface area contributed by atoms with E-state index in [9.17, 15) is 13.2 Å². The zero-order chi connectivity index (χ0) is 15.5. The van der Waals surface area contributed by atoms with Gasteiger partial charge in [-0.05, 0) is 24.3 Å². The predicted molar refractivity (Wildman–Crippen MR) is 72.1 cm³/mol. The number of hydrogen-bond donors (Lipinski definition) is 1. The highest BCUT2D eigenvalue weighted by molar-refractivity contribution is 5.65. The summed E-state index contributed by atoms with van der Waals surface area (Å²) in [5.74, 6) is 1.39. The Hall–Kier alpha value is -2.44. The summed E-state index contributed by atoms with van der Waals surface area (Å²) in [6, 6.07) is 7.27. The number of nitrogens with zero attached hydrogens (tertiary/aromatic N) is 1. The molecule has 1 aromatic heterocycles. The Bertz CT molecular complexity index is 613. The lowest BCUT2D eigenvalue weighted by atomic mass is 10.2. The Morgan fingerprint density at radius 1 is 1.05 bits per heavy atom. The summed E-state index contributed by atoms with van der Waals surface area (Å²) in [6.07, 6.45) is -3.62. The molecule has 4 nitrogen and oxygen atoms in total. The number of methoxy groups -OCH3 is 2. The standard InChI is InChI=1S/C14H13F3N2O2/c1-20-10-4-5-11(12(7-10)21-2)19-13-6-3-9(8-18-13)14(15,16)17/h3-8H,1-2H3,(H,18,19). The number of ether oxygens (including phenoxy) is 2. The van der Waals surface area contributed by atoms with E-state index < -0.39 is 11.7 Å². The Morgan fingerprint density at radius 2 is 1.81 bits per heavy atom. The van der Waals surface area contributed by atoms with Crippen LogP contribution in [-0.4, -0.2) is 19.2 Å². The van der Waals surface area contributed by atoms with Crippen molar-refractivity contribution < 1.29 is 22.6 Å². The Balaban J connectivity index is 2.22. The molecule has 0 radical (unpaired) electrons. The number of halogens is 3. The van der Waals surface area contributed by atoms with E-state index in [1.54, 1.807) is 18.2 Å². The van der Waals surface area contributed by atoms with Gasteiger partial charge in [-0.2, -0.15) is 13.2 Å². The number of anilines is 2. The lowest BCUT2D eigenvalue weighted by Crippen LogP contribution is -2.06. The van der Waals surface area contributed by atoms with Crippen molar-refractivity contribution in [3.8, 4) is 11.5 Å². The second-order valence-electron chi connectivity index (χ2n) is 4.12. The molecule has 0 unspecified atom stereocenters. The summed E-state index contributed by atoms with van der Waals surface area (Å²) in [5, 5.41) is 2.89. The van der Waals surface area contributed by atoms with Gasteiger partial charge in [0.1, 0.15) is 17.3 Å². The van der Waals surface area contributed by atoms with E-state index in [0.717, 1.165) is 12.3 Å². The molecular formula is C14H13F3N2O2. The zero-order valence-corrected chi connectivity index (χ0v) is 11.4. The number of rotatable bonds is 4. The van der Waals surface area contributed by atoms with E-state index in [2.05, 4.69) is 10.3 Å². The largest absolute Gasteiger partial charge is 0.497 e. The van der Waals surface area contributed by atoms with Gasteiger partial charge in [-0.1, -0.05) is 0 Å². The highest BCUT2D eigenvalue weighted by Crippen LogP contribution is 2.32. The van der Waals surface area contributed by atoms with Crippen LogP contribution >= 0.6 is 0 Å². The third-order valence-electron chi connectivity index (χ3n) is 2.76. The molecule has 0 bridgehead atoms. The lowest BCUT2D eigenvalue weighted by molar-refractivity contribution is -0.137. The minimum atomic E-state index is -4.40. The zero-order valence-electron chi connectivity index (χ0n) is 11.4. The maximum absolute atomic E-state index is 12.5. The van der Waals surface area contributed by atoms with E-state index in [-0.39, 0.29) is 5.82 Å². The second kappa shape index (κ2) is 5.90. The van der Waals surface area contributed by atoms with Crippen LogP contribution in [0.3, 0.4) is 0 Å². The molecule has 21 heavy (non-hydrogen) atoms. The summed E-state index contributed by atoms with van der Waals surface area (Å²) in [7, 11) is 3.01. The first kappa shape index (κ1) is 15.0. The maximum atomic E-state index is 12.5. The van der Waals surface area contributed by atoms with E-state index >= 15 is 0 Å². The number of nitrogens with one attached hydrogen (secondary N) is 1. The predicted octanol–water partition coefficient (Wildman–Crippen LogP) is 3.86. The van der Waals surface area contributed by atoms with E-state index in [0.29, 0.717) is 17.2 Å². The summed E-state index contributed by atoms with van der Waals surface area (Å²) in [4.78, 5) is 3.74. The van der Waals surface area contributed by atoms with Gasteiger partial charge < -0.3 is 14.8 Å². The molecule has 2 aromatic rings. The molecule has 1 heterocycles. The summed E-state index contributed by atoms with van der Waals surface area (Å²) >= 11 is 0. The van der Waals surface area contributed by atoms with Crippen molar-refractivity contribution in [2.24, 2.45) is 0 Å². The molecule has 0 saturated carbocycles. The van der Waals surface area contributed by atoms with Gasteiger partial charge in [-0.15, -0.1) is 0 Å². The first-order chi connectivity index (χ1) is 9.94. The third kappa shape index (κ3) is 3.56. The van der Waals surface area contributed by atoms with Crippen LogP contribution < -0.4 is 14.8 Å². The molecule has 1 aromatic carbocycles. The second-order valence-corrected chi connectivity index (χ2v) is 4.12. The van der Waals surface area contributed by atoms with E-state index in [1.165, 1.54) is 20.3 Å². The molecule has 0 aliphatic heterocycles. The normalized spacial score (nSPS) is 11.1. The molecule has 0 aliphatic rings.